The second-order valence-corrected chi connectivity index (χ2v) is 8.68. The van der Waals surface area contributed by atoms with E-state index in [-0.39, 0.29) is 11.7 Å². The van der Waals surface area contributed by atoms with Crippen molar-refractivity contribution < 1.29 is 18.7 Å². The molecule has 1 aromatic carbocycles. The fourth-order valence-corrected chi connectivity index (χ4v) is 4.09. The summed E-state index contributed by atoms with van der Waals surface area (Å²) >= 11 is 6.18. The molecule has 4 rings (SSSR count). The maximum Gasteiger partial charge on any atom is 0.254 e. The van der Waals surface area contributed by atoms with Crippen molar-refractivity contribution in [2.45, 2.75) is 32.8 Å². The van der Waals surface area contributed by atoms with Gasteiger partial charge in [0.15, 0.2) is 0 Å². The third-order valence-electron chi connectivity index (χ3n) is 5.66. The van der Waals surface area contributed by atoms with E-state index in [0.717, 1.165) is 30.6 Å². The van der Waals surface area contributed by atoms with Gasteiger partial charge in [-0.25, -0.2) is 9.37 Å². The number of benzene rings is 1. The van der Waals surface area contributed by atoms with Gasteiger partial charge in [0.1, 0.15) is 17.8 Å². The molecule has 1 fully saturated rings. The number of nitrogens with one attached hydrogen (secondary N) is 1. The Morgan fingerprint density at radius 1 is 1.38 bits per heavy atom. The summed E-state index contributed by atoms with van der Waals surface area (Å²) in [6.45, 7) is 6.05. The van der Waals surface area contributed by atoms with E-state index in [1.54, 1.807) is 18.2 Å². The number of likely N-dealkylation sites (N-methyl/N-ethyl adjacent to an activating group) is 1. The fourth-order valence-electron chi connectivity index (χ4n) is 3.93. The number of imidazole rings is 1. The summed E-state index contributed by atoms with van der Waals surface area (Å²) in [6.07, 6.45) is 4.02. The van der Waals surface area contributed by atoms with Crippen molar-refractivity contribution in [3.05, 3.63) is 58.1 Å². The average molecular weight is 489 g/mol. The van der Waals surface area contributed by atoms with E-state index in [1.807, 2.05) is 24.4 Å². The number of aromatic nitrogens is 2. The van der Waals surface area contributed by atoms with Crippen molar-refractivity contribution >= 4 is 29.4 Å². The minimum atomic E-state index is -0.579. The molecule has 34 heavy (non-hydrogen) atoms. The van der Waals surface area contributed by atoms with Crippen molar-refractivity contribution in [2.24, 2.45) is 0 Å². The highest BCUT2D eigenvalue weighted by Crippen LogP contribution is 2.31. The molecule has 3 aromatic rings. The first-order valence-corrected chi connectivity index (χ1v) is 11.6. The van der Waals surface area contributed by atoms with Gasteiger partial charge >= 0.3 is 0 Å². The van der Waals surface area contributed by atoms with Crippen LogP contribution in [-0.4, -0.2) is 66.4 Å². The first kappa shape index (κ1) is 25.8. The predicted molar refractivity (Wildman–Crippen MR) is 131 cm³/mol. The molecule has 9 heteroatoms. The SMILES string of the molecule is CCC=O.CNC(=O)c1cc(C)c(-c2nc3cc(Cl)ccn3c2C[C@H]2CN(C)CCO2)cc1F. The molecule has 1 aliphatic rings. The summed E-state index contributed by atoms with van der Waals surface area (Å²) in [4.78, 5) is 28.1. The molecular weight excluding hydrogens is 459 g/mol. The van der Waals surface area contributed by atoms with Gasteiger partial charge in [-0.05, 0) is 37.7 Å². The lowest BCUT2D eigenvalue weighted by Crippen LogP contribution is -2.41. The van der Waals surface area contributed by atoms with Gasteiger partial charge in [0.05, 0.1) is 29.7 Å². The Morgan fingerprint density at radius 3 is 2.76 bits per heavy atom. The number of aldehydes is 1. The molecule has 1 N–H and O–H groups in total. The molecule has 0 saturated carbocycles. The number of hydrogen-bond acceptors (Lipinski definition) is 5. The quantitative estimate of drug-likeness (QED) is 0.551. The number of halogens is 2. The van der Waals surface area contributed by atoms with E-state index < -0.39 is 11.7 Å². The van der Waals surface area contributed by atoms with Crippen molar-refractivity contribution in [2.75, 3.05) is 33.8 Å². The summed E-state index contributed by atoms with van der Waals surface area (Å²) in [5.41, 5.74) is 3.73. The van der Waals surface area contributed by atoms with Crippen molar-refractivity contribution in [1.82, 2.24) is 19.6 Å². The van der Waals surface area contributed by atoms with Crippen LogP contribution in [0, 0.1) is 12.7 Å². The zero-order valence-corrected chi connectivity index (χ0v) is 20.7. The summed E-state index contributed by atoms with van der Waals surface area (Å²) in [6, 6.07) is 6.54. The Morgan fingerprint density at radius 2 is 2.12 bits per heavy atom. The monoisotopic (exact) mass is 488 g/mol. The van der Waals surface area contributed by atoms with E-state index in [2.05, 4.69) is 17.3 Å². The number of aryl methyl sites for hydroxylation is 1. The molecule has 0 unspecified atom stereocenters. The third-order valence-corrected chi connectivity index (χ3v) is 5.89. The predicted octanol–water partition coefficient (Wildman–Crippen LogP) is 3.93. The van der Waals surface area contributed by atoms with E-state index in [1.165, 1.54) is 13.1 Å². The van der Waals surface area contributed by atoms with E-state index in [9.17, 15) is 14.0 Å². The van der Waals surface area contributed by atoms with Crippen LogP contribution in [0.5, 0.6) is 0 Å². The standard InChI is InChI=1S/C22H24ClFN4O2.C3H6O/c1-13-8-17(22(29)25-2)18(24)11-16(13)21-19(10-15-12-27(3)6-7-30-15)28-5-4-14(23)9-20(28)26-21;1-2-3-4/h4-5,8-9,11,15H,6-7,10,12H2,1-3H3,(H,25,29);3H,2H2,1H3/t15-;/m0./s1. The van der Waals surface area contributed by atoms with E-state index >= 15 is 0 Å². The molecule has 0 spiro atoms. The molecule has 1 saturated heterocycles. The second-order valence-electron chi connectivity index (χ2n) is 8.24. The number of rotatable bonds is 5. The number of morpholine rings is 1. The molecule has 0 bridgehead atoms. The summed E-state index contributed by atoms with van der Waals surface area (Å²) < 4.78 is 22.7. The normalized spacial score (nSPS) is 16.1. The van der Waals surface area contributed by atoms with Crippen LogP contribution in [0.4, 0.5) is 4.39 Å². The van der Waals surface area contributed by atoms with Crippen LogP contribution in [0.3, 0.4) is 0 Å². The first-order chi connectivity index (χ1) is 16.3. The lowest BCUT2D eigenvalue weighted by molar-refractivity contribution is -0.107. The van der Waals surface area contributed by atoms with Gasteiger partial charge in [0.25, 0.3) is 5.91 Å². The van der Waals surface area contributed by atoms with Crippen LogP contribution < -0.4 is 5.32 Å². The summed E-state index contributed by atoms with van der Waals surface area (Å²) in [5, 5.41) is 3.05. The number of amides is 1. The highest BCUT2D eigenvalue weighted by molar-refractivity contribution is 6.30. The number of hydrogen-bond donors (Lipinski definition) is 1. The molecule has 182 valence electrons. The summed E-state index contributed by atoms with van der Waals surface area (Å²) in [7, 11) is 3.55. The van der Waals surface area contributed by atoms with Crippen molar-refractivity contribution in [3.8, 4) is 11.3 Å². The van der Waals surface area contributed by atoms with E-state index in [4.69, 9.17) is 21.3 Å². The van der Waals surface area contributed by atoms with Gasteiger partial charge in [-0.15, -0.1) is 0 Å². The van der Waals surface area contributed by atoms with Crippen LogP contribution in [0.2, 0.25) is 5.02 Å². The minimum Gasteiger partial charge on any atom is -0.375 e. The number of carbonyl (C=O) groups excluding carboxylic acids is 2. The zero-order chi connectivity index (χ0) is 24.8. The smallest absolute Gasteiger partial charge is 0.254 e. The van der Waals surface area contributed by atoms with Gasteiger partial charge in [0, 0.05) is 55.8 Å². The number of ether oxygens (including phenoxy) is 1. The molecule has 3 heterocycles. The second kappa shape index (κ2) is 11.6. The van der Waals surface area contributed by atoms with Crippen LogP contribution in [-0.2, 0) is 16.0 Å². The topological polar surface area (TPSA) is 75.9 Å². The van der Waals surface area contributed by atoms with Crippen LogP contribution in [0.25, 0.3) is 16.9 Å². The molecule has 1 atom stereocenters. The van der Waals surface area contributed by atoms with Gasteiger partial charge in [0.2, 0.25) is 0 Å². The fraction of sp³-hybridized carbons (Fsp3) is 0.400. The third kappa shape index (κ3) is 5.81. The molecular formula is C25H30ClFN4O3. The van der Waals surface area contributed by atoms with Crippen LogP contribution >= 0.6 is 11.6 Å². The highest BCUT2D eigenvalue weighted by atomic mass is 35.5. The van der Waals surface area contributed by atoms with Gasteiger partial charge in [-0.1, -0.05) is 18.5 Å². The Hall–Kier alpha value is -2.81. The minimum absolute atomic E-state index is 0.00775. The van der Waals surface area contributed by atoms with Gasteiger partial charge in [-0.2, -0.15) is 0 Å². The number of nitrogens with zero attached hydrogens (tertiary/aromatic N) is 3. The van der Waals surface area contributed by atoms with Gasteiger partial charge in [-0.3, -0.25) is 4.79 Å². The molecule has 0 aliphatic carbocycles. The average Bonchev–Trinajstić information content (AvgIpc) is 3.16. The largest absolute Gasteiger partial charge is 0.375 e. The highest BCUT2D eigenvalue weighted by Gasteiger charge is 2.25. The zero-order valence-electron chi connectivity index (χ0n) is 19.9. The molecule has 0 radical (unpaired) electrons. The Kier molecular flexibility index (Phi) is 8.77. The molecule has 1 amide bonds. The maximum absolute atomic E-state index is 14.8. The molecule has 1 aliphatic heterocycles. The molecule has 7 nitrogen and oxygen atoms in total. The lowest BCUT2D eigenvalue weighted by atomic mass is 9.98. The Balaban J connectivity index is 0.000000751. The maximum atomic E-state index is 14.8. The Bertz CT molecular complexity index is 1180. The number of pyridine rings is 1. The van der Waals surface area contributed by atoms with E-state index in [0.29, 0.717) is 41.4 Å². The lowest BCUT2D eigenvalue weighted by Gasteiger charge is -2.30. The van der Waals surface area contributed by atoms with Gasteiger partial charge < -0.3 is 24.1 Å². The summed E-state index contributed by atoms with van der Waals surface area (Å²) in [5.74, 6) is -1.03. The Labute approximate surface area is 203 Å². The van der Waals surface area contributed by atoms with Crippen LogP contribution in [0.15, 0.2) is 30.5 Å². The number of fused-ring (bicyclic) bond motifs is 1. The first-order valence-electron chi connectivity index (χ1n) is 11.2. The van der Waals surface area contributed by atoms with Crippen molar-refractivity contribution in [3.63, 3.8) is 0 Å². The number of carbonyl (C=O) groups is 2. The van der Waals surface area contributed by atoms with Crippen LogP contribution in [0.1, 0.15) is 35.0 Å². The van der Waals surface area contributed by atoms with Crippen molar-refractivity contribution in [1.29, 1.82) is 0 Å². The molecule has 2 aromatic heterocycles.